The smallest absolute Gasteiger partial charge is 0.158 e. The Morgan fingerprint density at radius 1 is 1.18 bits per heavy atom. The first-order valence-electron chi connectivity index (χ1n) is 6.57. The molecule has 1 N–H and O–H groups in total. The van der Waals surface area contributed by atoms with Crippen LogP contribution in [0.3, 0.4) is 0 Å². The van der Waals surface area contributed by atoms with E-state index in [1.807, 2.05) is 41.9 Å². The SMILES string of the molecule is CN=C(Nc1c(Cl)nc(Cl)c2ncn(C)c12)c1ccccc1. The van der Waals surface area contributed by atoms with Gasteiger partial charge >= 0.3 is 0 Å². The van der Waals surface area contributed by atoms with Crippen LogP contribution >= 0.6 is 23.2 Å². The first-order chi connectivity index (χ1) is 10.6. The maximum absolute atomic E-state index is 6.27. The number of pyridine rings is 1. The lowest BCUT2D eigenvalue weighted by Crippen LogP contribution is -2.15. The second-order valence-corrected chi connectivity index (χ2v) is 5.40. The fourth-order valence-electron chi connectivity index (χ4n) is 2.25. The molecule has 1 aromatic carbocycles. The van der Waals surface area contributed by atoms with Crippen LogP contribution in [0.1, 0.15) is 5.56 Å². The minimum Gasteiger partial charge on any atom is -0.336 e. The summed E-state index contributed by atoms with van der Waals surface area (Å²) in [7, 11) is 3.59. The van der Waals surface area contributed by atoms with Gasteiger partial charge in [0, 0.05) is 19.7 Å². The number of aliphatic imine (C=N–C) groups is 1. The molecule has 3 aromatic rings. The maximum Gasteiger partial charge on any atom is 0.158 e. The molecule has 0 aliphatic heterocycles. The molecule has 5 nitrogen and oxygen atoms in total. The summed E-state index contributed by atoms with van der Waals surface area (Å²) in [5.74, 6) is 0.689. The van der Waals surface area contributed by atoms with Gasteiger partial charge in [-0.15, -0.1) is 0 Å². The molecule has 0 spiro atoms. The molecule has 0 aliphatic carbocycles. The zero-order chi connectivity index (χ0) is 15.7. The van der Waals surface area contributed by atoms with Gasteiger partial charge in [0.15, 0.2) is 10.3 Å². The number of anilines is 1. The Labute approximate surface area is 137 Å². The van der Waals surface area contributed by atoms with Crippen molar-refractivity contribution in [3.8, 4) is 0 Å². The number of nitrogens with one attached hydrogen (secondary N) is 1. The van der Waals surface area contributed by atoms with E-state index in [-0.39, 0.29) is 10.3 Å². The molecule has 0 unspecified atom stereocenters. The number of hydrogen-bond acceptors (Lipinski definition) is 3. The van der Waals surface area contributed by atoms with Crippen molar-refractivity contribution in [2.75, 3.05) is 12.4 Å². The van der Waals surface area contributed by atoms with Gasteiger partial charge in [-0.3, -0.25) is 4.99 Å². The zero-order valence-electron chi connectivity index (χ0n) is 12.0. The van der Waals surface area contributed by atoms with Crippen LogP contribution < -0.4 is 5.32 Å². The molecule has 0 saturated carbocycles. The van der Waals surface area contributed by atoms with E-state index < -0.39 is 0 Å². The van der Waals surface area contributed by atoms with Gasteiger partial charge in [-0.2, -0.15) is 0 Å². The highest BCUT2D eigenvalue weighted by atomic mass is 35.5. The van der Waals surface area contributed by atoms with Crippen molar-refractivity contribution in [3.05, 3.63) is 52.5 Å². The predicted molar refractivity (Wildman–Crippen MR) is 91.1 cm³/mol. The summed E-state index contributed by atoms with van der Waals surface area (Å²) in [4.78, 5) is 12.7. The maximum atomic E-state index is 6.27. The summed E-state index contributed by atoms with van der Waals surface area (Å²) in [6.45, 7) is 0. The van der Waals surface area contributed by atoms with Crippen molar-refractivity contribution in [3.63, 3.8) is 0 Å². The number of hydrogen-bond donors (Lipinski definition) is 1. The van der Waals surface area contributed by atoms with Crippen molar-refractivity contribution in [1.29, 1.82) is 0 Å². The first-order valence-corrected chi connectivity index (χ1v) is 7.32. The van der Waals surface area contributed by atoms with E-state index in [0.29, 0.717) is 17.0 Å². The standard InChI is InChI=1S/C15H13Cl2N5/c1-18-15(9-6-4-3-5-7-9)20-11-12-10(19-8-22(12)2)13(16)21-14(11)17/h3-8H,1-2H3,(H,18,20). The molecule has 2 aromatic heterocycles. The predicted octanol–water partition coefficient (Wildman–Crippen LogP) is 3.76. The van der Waals surface area contributed by atoms with Crippen LogP contribution in [0, 0.1) is 0 Å². The Kier molecular flexibility index (Phi) is 4.00. The third-order valence-electron chi connectivity index (χ3n) is 3.29. The molecule has 22 heavy (non-hydrogen) atoms. The van der Waals surface area contributed by atoms with Gasteiger partial charge < -0.3 is 9.88 Å². The Balaban J connectivity index is 2.13. The minimum absolute atomic E-state index is 0.276. The third-order valence-corrected chi connectivity index (χ3v) is 3.82. The lowest BCUT2D eigenvalue weighted by Gasteiger charge is -2.13. The molecular formula is C15H13Cl2N5. The Morgan fingerprint density at radius 2 is 1.91 bits per heavy atom. The zero-order valence-corrected chi connectivity index (χ0v) is 13.5. The second-order valence-electron chi connectivity index (χ2n) is 4.68. The van der Waals surface area contributed by atoms with Crippen molar-refractivity contribution in [2.24, 2.45) is 12.0 Å². The van der Waals surface area contributed by atoms with Gasteiger partial charge in [-0.1, -0.05) is 53.5 Å². The summed E-state index contributed by atoms with van der Waals surface area (Å²) >= 11 is 12.4. The topological polar surface area (TPSA) is 55.1 Å². The number of amidine groups is 1. The van der Waals surface area contributed by atoms with E-state index in [1.54, 1.807) is 13.4 Å². The van der Waals surface area contributed by atoms with Gasteiger partial charge in [-0.05, 0) is 0 Å². The molecule has 112 valence electrons. The average molecular weight is 334 g/mol. The number of halogens is 2. The number of nitrogens with zero attached hydrogens (tertiary/aromatic N) is 4. The first kappa shape index (κ1) is 14.8. The lowest BCUT2D eigenvalue weighted by atomic mass is 10.2. The van der Waals surface area contributed by atoms with E-state index in [1.165, 1.54) is 0 Å². The molecule has 0 bridgehead atoms. The van der Waals surface area contributed by atoms with Gasteiger partial charge in [0.1, 0.15) is 17.0 Å². The molecule has 0 saturated heterocycles. The normalized spacial score (nSPS) is 11.9. The highest BCUT2D eigenvalue weighted by Crippen LogP contribution is 2.33. The van der Waals surface area contributed by atoms with E-state index in [0.717, 1.165) is 11.1 Å². The summed E-state index contributed by atoms with van der Waals surface area (Å²) in [5.41, 5.74) is 2.96. The fourth-order valence-corrected chi connectivity index (χ4v) is 2.74. The summed E-state index contributed by atoms with van der Waals surface area (Å²) in [6.07, 6.45) is 1.67. The highest BCUT2D eigenvalue weighted by molar-refractivity contribution is 6.38. The number of rotatable bonds is 2. The van der Waals surface area contributed by atoms with Gasteiger partial charge in [0.2, 0.25) is 0 Å². The minimum atomic E-state index is 0.276. The molecule has 7 heteroatoms. The molecule has 0 amide bonds. The molecule has 0 radical (unpaired) electrons. The lowest BCUT2D eigenvalue weighted by molar-refractivity contribution is 0.948. The Hall–Kier alpha value is -2.11. The number of benzene rings is 1. The van der Waals surface area contributed by atoms with Crippen LogP contribution in [0.25, 0.3) is 11.0 Å². The van der Waals surface area contributed by atoms with Crippen molar-refractivity contribution in [1.82, 2.24) is 14.5 Å². The average Bonchev–Trinajstić information content (AvgIpc) is 2.91. The van der Waals surface area contributed by atoms with Crippen LogP contribution in [-0.2, 0) is 7.05 Å². The molecule has 0 atom stereocenters. The van der Waals surface area contributed by atoms with Crippen LogP contribution in [0.4, 0.5) is 5.69 Å². The van der Waals surface area contributed by atoms with Crippen LogP contribution in [0.5, 0.6) is 0 Å². The Morgan fingerprint density at radius 3 is 2.59 bits per heavy atom. The molecule has 3 rings (SSSR count). The summed E-state index contributed by atoms with van der Waals surface area (Å²) in [6, 6.07) is 9.78. The van der Waals surface area contributed by atoms with Crippen molar-refractivity contribution in [2.45, 2.75) is 0 Å². The number of imidazole rings is 1. The fraction of sp³-hybridized carbons (Fsp3) is 0.133. The monoisotopic (exact) mass is 333 g/mol. The van der Waals surface area contributed by atoms with E-state index in [9.17, 15) is 0 Å². The second kappa shape index (κ2) is 5.94. The number of aromatic nitrogens is 3. The molecular weight excluding hydrogens is 321 g/mol. The largest absolute Gasteiger partial charge is 0.336 e. The van der Waals surface area contributed by atoms with Crippen LogP contribution in [0.15, 0.2) is 41.7 Å². The van der Waals surface area contributed by atoms with Crippen LogP contribution in [-0.4, -0.2) is 27.4 Å². The molecule has 2 heterocycles. The third kappa shape index (κ3) is 2.53. The van der Waals surface area contributed by atoms with Gasteiger partial charge in [-0.25, -0.2) is 9.97 Å². The number of aryl methyl sites for hydroxylation is 1. The van der Waals surface area contributed by atoms with E-state index in [2.05, 4.69) is 20.3 Å². The molecule has 0 fully saturated rings. The van der Waals surface area contributed by atoms with Crippen LogP contribution in [0.2, 0.25) is 10.3 Å². The Bertz CT molecular complexity index is 855. The van der Waals surface area contributed by atoms with E-state index in [4.69, 9.17) is 23.2 Å². The quantitative estimate of drug-likeness (QED) is 0.441. The molecule has 0 aliphatic rings. The van der Waals surface area contributed by atoms with Gasteiger partial charge in [0.05, 0.1) is 11.8 Å². The van der Waals surface area contributed by atoms with Crippen molar-refractivity contribution >= 4 is 45.8 Å². The van der Waals surface area contributed by atoms with E-state index >= 15 is 0 Å². The highest BCUT2D eigenvalue weighted by Gasteiger charge is 2.17. The number of fused-ring (bicyclic) bond motifs is 1. The summed E-state index contributed by atoms with van der Waals surface area (Å²) < 4.78 is 1.84. The van der Waals surface area contributed by atoms with Gasteiger partial charge in [0.25, 0.3) is 0 Å². The van der Waals surface area contributed by atoms with Crippen molar-refractivity contribution < 1.29 is 0 Å². The summed E-state index contributed by atoms with van der Waals surface area (Å²) in [5, 5.41) is 3.80.